The molecular weight excluding hydrogens is 256 g/mol. The molecule has 0 aliphatic heterocycles. The molecule has 0 aromatic heterocycles. The average Bonchev–Trinajstić information content (AvgIpc) is 2.47. The summed E-state index contributed by atoms with van der Waals surface area (Å²) < 4.78 is 10.3. The van der Waals surface area contributed by atoms with E-state index < -0.39 is 17.5 Å². The fourth-order valence-electron chi connectivity index (χ4n) is 1.70. The smallest absolute Gasteiger partial charge is 0.422 e. The molecule has 0 unspecified atom stereocenters. The highest BCUT2D eigenvalue weighted by Gasteiger charge is 2.29. The quantitative estimate of drug-likeness (QED) is 0.471. The van der Waals surface area contributed by atoms with E-state index in [2.05, 4.69) is 0 Å². The number of hydrogen-bond donors (Lipinski definition) is 0. The van der Waals surface area contributed by atoms with Crippen molar-refractivity contribution < 1.29 is 19.1 Å². The maximum absolute atomic E-state index is 11.8. The lowest BCUT2D eigenvalue weighted by Gasteiger charge is -2.26. The van der Waals surface area contributed by atoms with Crippen LogP contribution in [0.25, 0.3) is 0 Å². The minimum absolute atomic E-state index is 0.409. The third kappa shape index (κ3) is 4.08. The minimum atomic E-state index is -0.973. The zero-order chi connectivity index (χ0) is 15.2. The lowest BCUT2D eigenvalue weighted by atomic mass is 10.0. The Balaban J connectivity index is 2.74. The number of para-hydroxylation sites is 1. The van der Waals surface area contributed by atoms with Gasteiger partial charge >= 0.3 is 11.9 Å². The molecule has 1 rings (SSSR count). The standard InChI is InChI=1S/C16H22O4/c1-5-12-10-8-9-11-13(12)19-14(17)15(18)20-16(4,6-2)7-3/h8-11H,5-7H2,1-4H3. The van der Waals surface area contributed by atoms with Crippen LogP contribution >= 0.6 is 0 Å². The van der Waals surface area contributed by atoms with Crippen molar-refractivity contribution >= 4 is 11.9 Å². The van der Waals surface area contributed by atoms with Crippen molar-refractivity contribution in [3.63, 3.8) is 0 Å². The summed E-state index contributed by atoms with van der Waals surface area (Å²) in [6, 6.07) is 7.15. The highest BCUT2D eigenvalue weighted by Crippen LogP contribution is 2.21. The van der Waals surface area contributed by atoms with Crippen LogP contribution < -0.4 is 4.74 Å². The minimum Gasteiger partial charge on any atom is -0.451 e. The number of aryl methyl sites for hydroxylation is 1. The normalized spacial score (nSPS) is 11.0. The van der Waals surface area contributed by atoms with Gasteiger partial charge in [0.1, 0.15) is 11.4 Å². The van der Waals surface area contributed by atoms with Gasteiger partial charge in [-0.2, -0.15) is 0 Å². The summed E-state index contributed by atoms with van der Waals surface area (Å²) in [5.41, 5.74) is 0.253. The Labute approximate surface area is 120 Å². The number of carbonyl (C=O) groups excluding carboxylic acids is 2. The van der Waals surface area contributed by atoms with Crippen molar-refractivity contribution in [2.45, 2.75) is 52.6 Å². The van der Waals surface area contributed by atoms with Gasteiger partial charge in [0.05, 0.1) is 0 Å². The zero-order valence-electron chi connectivity index (χ0n) is 12.6. The highest BCUT2D eigenvalue weighted by atomic mass is 16.6. The molecule has 0 aliphatic carbocycles. The number of ether oxygens (including phenoxy) is 2. The van der Waals surface area contributed by atoms with Gasteiger partial charge in [-0.15, -0.1) is 0 Å². The Morgan fingerprint density at radius 2 is 1.65 bits per heavy atom. The van der Waals surface area contributed by atoms with Crippen molar-refractivity contribution in [2.24, 2.45) is 0 Å². The van der Waals surface area contributed by atoms with Gasteiger partial charge in [0, 0.05) is 0 Å². The van der Waals surface area contributed by atoms with E-state index in [1.54, 1.807) is 19.1 Å². The second kappa shape index (κ2) is 7.08. The van der Waals surface area contributed by atoms with Crippen molar-refractivity contribution in [1.29, 1.82) is 0 Å². The second-order valence-electron chi connectivity index (χ2n) is 4.90. The predicted molar refractivity (Wildman–Crippen MR) is 76.5 cm³/mol. The number of hydrogen-bond acceptors (Lipinski definition) is 4. The van der Waals surface area contributed by atoms with Crippen LogP contribution in [0.1, 0.15) is 46.1 Å². The molecule has 0 saturated carbocycles. The first-order valence-electron chi connectivity index (χ1n) is 6.98. The van der Waals surface area contributed by atoms with Gasteiger partial charge in [-0.05, 0) is 37.8 Å². The van der Waals surface area contributed by atoms with E-state index in [0.29, 0.717) is 18.6 Å². The van der Waals surface area contributed by atoms with E-state index in [1.165, 1.54) is 0 Å². The number of carbonyl (C=O) groups is 2. The number of rotatable bonds is 5. The van der Waals surface area contributed by atoms with Gasteiger partial charge in [0.25, 0.3) is 0 Å². The van der Waals surface area contributed by atoms with Crippen LogP contribution in [0.5, 0.6) is 5.75 Å². The average molecular weight is 278 g/mol. The van der Waals surface area contributed by atoms with Crippen molar-refractivity contribution in [3.05, 3.63) is 29.8 Å². The van der Waals surface area contributed by atoms with E-state index >= 15 is 0 Å². The molecule has 0 radical (unpaired) electrons. The summed E-state index contributed by atoms with van der Waals surface area (Å²) in [6.45, 7) is 7.58. The summed E-state index contributed by atoms with van der Waals surface area (Å²) in [4.78, 5) is 23.6. The van der Waals surface area contributed by atoms with Crippen LogP contribution in [-0.4, -0.2) is 17.5 Å². The monoisotopic (exact) mass is 278 g/mol. The Kier molecular flexibility index (Phi) is 5.74. The maximum atomic E-state index is 11.8. The Morgan fingerprint density at radius 1 is 1.05 bits per heavy atom. The zero-order valence-corrected chi connectivity index (χ0v) is 12.6. The molecule has 20 heavy (non-hydrogen) atoms. The second-order valence-corrected chi connectivity index (χ2v) is 4.90. The molecular formula is C16H22O4. The summed E-state index contributed by atoms with van der Waals surface area (Å²) in [7, 11) is 0. The molecule has 110 valence electrons. The van der Waals surface area contributed by atoms with Crippen LogP contribution in [0.3, 0.4) is 0 Å². The summed E-state index contributed by atoms with van der Waals surface area (Å²) >= 11 is 0. The molecule has 0 aliphatic rings. The molecule has 0 fully saturated rings. The predicted octanol–water partition coefficient (Wildman–Crippen LogP) is 3.28. The van der Waals surface area contributed by atoms with E-state index in [-0.39, 0.29) is 0 Å². The lowest BCUT2D eigenvalue weighted by Crippen LogP contribution is -2.35. The molecule has 0 spiro atoms. The van der Waals surface area contributed by atoms with E-state index in [9.17, 15) is 9.59 Å². The lowest BCUT2D eigenvalue weighted by molar-refractivity contribution is -0.172. The summed E-state index contributed by atoms with van der Waals surface area (Å²) in [5.74, 6) is -1.51. The molecule has 0 N–H and O–H groups in total. The molecule has 1 aromatic rings. The largest absolute Gasteiger partial charge is 0.451 e. The Morgan fingerprint density at radius 3 is 2.20 bits per heavy atom. The van der Waals surface area contributed by atoms with Gasteiger partial charge in [-0.3, -0.25) is 0 Å². The van der Waals surface area contributed by atoms with Crippen molar-refractivity contribution in [3.8, 4) is 5.75 Å². The van der Waals surface area contributed by atoms with Gasteiger partial charge in [-0.25, -0.2) is 9.59 Å². The SMILES string of the molecule is CCc1ccccc1OC(=O)C(=O)OC(C)(CC)CC. The Hall–Kier alpha value is -1.84. The van der Waals surface area contributed by atoms with Crippen LogP contribution in [0, 0.1) is 0 Å². The van der Waals surface area contributed by atoms with Gasteiger partial charge in [0.15, 0.2) is 0 Å². The molecule has 0 amide bonds. The van der Waals surface area contributed by atoms with Gasteiger partial charge in [0.2, 0.25) is 0 Å². The number of esters is 2. The van der Waals surface area contributed by atoms with Crippen molar-refractivity contribution in [1.82, 2.24) is 0 Å². The molecule has 0 atom stereocenters. The van der Waals surface area contributed by atoms with Crippen LogP contribution in [-0.2, 0) is 20.7 Å². The maximum Gasteiger partial charge on any atom is 0.422 e. The first kappa shape index (κ1) is 16.2. The van der Waals surface area contributed by atoms with Crippen molar-refractivity contribution in [2.75, 3.05) is 0 Å². The fourth-order valence-corrected chi connectivity index (χ4v) is 1.70. The molecule has 0 bridgehead atoms. The summed E-state index contributed by atoms with van der Waals surface area (Å²) in [6.07, 6.45) is 2.02. The molecule has 1 aromatic carbocycles. The van der Waals surface area contributed by atoms with E-state index in [1.807, 2.05) is 32.9 Å². The third-order valence-corrected chi connectivity index (χ3v) is 3.56. The fraction of sp³-hybridized carbons (Fsp3) is 0.500. The van der Waals surface area contributed by atoms with Crippen LogP contribution in [0.4, 0.5) is 0 Å². The summed E-state index contributed by atoms with van der Waals surface area (Å²) in [5, 5.41) is 0. The molecule has 0 heterocycles. The van der Waals surface area contributed by atoms with Gasteiger partial charge < -0.3 is 9.47 Å². The highest BCUT2D eigenvalue weighted by molar-refractivity contribution is 6.30. The third-order valence-electron chi connectivity index (χ3n) is 3.56. The first-order valence-corrected chi connectivity index (χ1v) is 6.98. The topological polar surface area (TPSA) is 52.6 Å². The first-order chi connectivity index (χ1) is 9.45. The van der Waals surface area contributed by atoms with Crippen LogP contribution in [0.15, 0.2) is 24.3 Å². The van der Waals surface area contributed by atoms with E-state index in [4.69, 9.17) is 9.47 Å². The molecule has 4 heteroatoms. The van der Waals surface area contributed by atoms with Gasteiger partial charge in [-0.1, -0.05) is 39.0 Å². The Bertz CT molecular complexity index is 475. The molecule has 4 nitrogen and oxygen atoms in total. The molecule has 0 saturated heterocycles. The van der Waals surface area contributed by atoms with E-state index in [0.717, 1.165) is 12.0 Å². The number of benzene rings is 1. The van der Waals surface area contributed by atoms with Crippen LogP contribution in [0.2, 0.25) is 0 Å².